The number of nitrogens with one attached hydrogen (secondary N) is 1. The second-order valence-corrected chi connectivity index (χ2v) is 7.94. The van der Waals surface area contributed by atoms with E-state index in [-0.39, 0.29) is 24.4 Å². The number of rotatable bonds is 3. The highest BCUT2D eigenvalue weighted by atomic mass is 16.2. The van der Waals surface area contributed by atoms with Crippen molar-refractivity contribution in [1.82, 2.24) is 15.1 Å². The van der Waals surface area contributed by atoms with E-state index >= 15 is 0 Å². The Bertz CT molecular complexity index is 957. The lowest BCUT2D eigenvalue weighted by Gasteiger charge is -2.34. The molecule has 2 aliphatic rings. The molecule has 6 heteroatoms. The molecule has 6 nitrogen and oxygen atoms in total. The fourth-order valence-corrected chi connectivity index (χ4v) is 4.23. The van der Waals surface area contributed by atoms with Crippen molar-refractivity contribution >= 4 is 28.6 Å². The molecular weight excluding hydrogens is 354 g/mol. The molecular formula is C22H25N3O3. The summed E-state index contributed by atoms with van der Waals surface area (Å²) in [6.45, 7) is 4.19. The zero-order valence-corrected chi connectivity index (χ0v) is 16.3. The molecule has 0 saturated carbocycles. The first kappa shape index (κ1) is 18.5. The van der Waals surface area contributed by atoms with Crippen LogP contribution in [-0.2, 0) is 15.1 Å². The highest BCUT2D eigenvalue weighted by Gasteiger charge is 2.49. The maximum absolute atomic E-state index is 13.1. The van der Waals surface area contributed by atoms with Crippen LogP contribution in [0.25, 0.3) is 10.8 Å². The molecule has 1 N–H and O–H groups in total. The van der Waals surface area contributed by atoms with Crippen molar-refractivity contribution < 1.29 is 14.4 Å². The average molecular weight is 379 g/mol. The number of nitrogens with zero attached hydrogens (tertiary/aromatic N) is 2. The van der Waals surface area contributed by atoms with Gasteiger partial charge in [-0.05, 0) is 55.5 Å². The fourth-order valence-electron chi connectivity index (χ4n) is 4.23. The highest BCUT2D eigenvalue weighted by Crippen LogP contribution is 2.31. The summed E-state index contributed by atoms with van der Waals surface area (Å²) in [6.07, 6.45) is 3.03. The molecule has 4 amide bonds. The van der Waals surface area contributed by atoms with Crippen LogP contribution in [0.4, 0.5) is 4.79 Å². The normalized spacial score (nSPS) is 25.3. The van der Waals surface area contributed by atoms with E-state index in [1.807, 2.05) is 49.4 Å². The van der Waals surface area contributed by atoms with Crippen molar-refractivity contribution in [2.24, 2.45) is 0 Å². The van der Waals surface area contributed by atoms with E-state index < -0.39 is 11.6 Å². The van der Waals surface area contributed by atoms with Crippen LogP contribution in [0.5, 0.6) is 0 Å². The quantitative estimate of drug-likeness (QED) is 0.834. The van der Waals surface area contributed by atoms with Gasteiger partial charge in [0.2, 0.25) is 5.91 Å². The Hall–Kier alpha value is -2.89. The predicted molar refractivity (Wildman–Crippen MR) is 107 cm³/mol. The first-order valence-electron chi connectivity index (χ1n) is 9.83. The van der Waals surface area contributed by atoms with Gasteiger partial charge in [-0.25, -0.2) is 4.79 Å². The summed E-state index contributed by atoms with van der Waals surface area (Å²) in [5.41, 5.74) is -0.458. The monoisotopic (exact) mass is 379 g/mol. The molecule has 0 radical (unpaired) electrons. The van der Waals surface area contributed by atoms with Gasteiger partial charge in [0, 0.05) is 12.6 Å². The van der Waals surface area contributed by atoms with Crippen LogP contribution in [-0.4, -0.2) is 46.8 Å². The fraction of sp³-hybridized carbons (Fsp3) is 0.409. The standard InChI is InChI=1S/C22H25N3O3/c1-15-7-5-6-12-24(15)19(26)14-25-20(27)22(2,23-21(25)28)18-11-10-16-8-3-4-9-17(16)13-18/h3-4,8-11,13,15H,5-7,12,14H2,1-2H3,(H,23,28)/t15-,22+/m0/s1. The number of imide groups is 1. The van der Waals surface area contributed by atoms with Gasteiger partial charge in [-0.3, -0.25) is 14.5 Å². The second-order valence-electron chi connectivity index (χ2n) is 7.94. The van der Waals surface area contributed by atoms with E-state index in [2.05, 4.69) is 5.32 Å². The van der Waals surface area contributed by atoms with Crippen molar-refractivity contribution in [2.45, 2.75) is 44.7 Å². The summed E-state index contributed by atoms with van der Waals surface area (Å²) >= 11 is 0. The van der Waals surface area contributed by atoms with Crippen LogP contribution in [0.1, 0.15) is 38.7 Å². The smallest absolute Gasteiger partial charge is 0.325 e. The molecule has 2 aliphatic heterocycles. The van der Waals surface area contributed by atoms with Crippen LogP contribution < -0.4 is 5.32 Å². The Balaban J connectivity index is 1.57. The lowest BCUT2D eigenvalue weighted by Crippen LogP contribution is -2.48. The Morgan fingerprint density at radius 3 is 2.64 bits per heavy atom. The largest absolute Gasteiger partial charge is 0.338 e. The Morgan fingerprint density at radius 2 is 1.89 bits per heavy atom. The topological polar surface area (TPSA) is 69.7 Å². The highest BCUT2D eigenvalue weighted by molar-refractivity contribution is 6.09. The Labute approximate surface area is 164 Å². The van der Waals surface area contributed by atoms with Gasteiger partial charge in [0.15, 0.2) is 0 Å². The molecule has 2 heterocycles. The number of carbonyl (C=O) groups is 3. The summed E-state index contributed by atoms with van der Waals surface area (Å²) in [5, 5.41) is 4.86. The van der Waals surface area contributed by atoms with Gasteiger partial charge in [-0.1, -0.05) is 36.4 Å². The third-order valence-electron chi connectivity index (χ3n) is 6.02. The van der Waals surface area contributed by atoms with Crippen molar-refractivity contribution in [3.63, 3.8) is 0 Å². The van der Waals surface area contributed by atoms with Crippen molar-refractivity contribution in [1.29, 1.82) is 0 Å². The van der Waals surface area contributed by atoms with Gasteiger partial charge in [-0.15, -0.1) is 0 Å². The SMILES string of the molecule is C[C@H]1CCCCN1C(=O)CN1C(=O)N[C@](C)(c2ccc3ccccc3c2)C1=O. The van der Waals surface area contributed by atoms with E-state index in [4.69, 9.17) is 0 Å². The maximum atomic E-state index is 13.1. The number of amides is 4. The van der Waals surface area contributed by atoms with E-state index in [0.29, 0.717) is 12.1 Å². The summed E-state index contributed by atoms with van der Waals surface area (Å²) in [7, 11) is 0. The first-order valence-corrected chi connectivity index (χ1v) is 9.83. The zero-order chi connectivity index (χ0) is 19.9. The number of hydrogen-bond acceptors (Lipinski definition) is 3. The molecule has 0 spiro atoms. The summed E-state index contributed by atoms with van der Waals surface area (Å²) < 4.78 is 0. The van der Waals surface area contributed by atoms with Gasteiger partial charge in [0.05, 0.1) is 0 Å². The number of benzene rings is 2. The van der Waals surface area contributed by atoms with E-state index in [1.165, 1.54) is 0 Å². The summed E-state index contributed by atoms with van der Waals surface area (Å²) in [5.74, 6) is -0.552. The minimum atomic E-state index is -1.17. The third kappa shape index (κ3) is 3.03. The molecule has 0 aliphatic carbocycles. The number of carbonyl (C=O) groups excluding carboxylic acids is 3. The van der Waals surface area contributed by atoms with E-state index in [9.17, 15) is 14.4 Å². The molecule has 146 valence electrons. The number of likely N-dealkylation sites (tertiary alicyclic amines) is 1. The van der Waals surface area contributed by atoms with Crippen LogP contribution >= 0.6 is 0 Å². The number of fused-ring (bicyclic) bond motifs is 1. The molecule has 0 bridgehead atoms. The van der Waals surface area contributed by atoms with Gasteiger partial charge in [0.1, 0.15) is 12.1 Å². The molecule has 2 saturated heterocycles. The minimum Gasteiger partial charge on any atom is -0.338 e. The van der Waals surface area contributed by atoms with Gasteiger partial charge < -0.3 is 10.2 Å². The first-order chi connectivity index (χ1) is 13.4. The third-order valence-corrected chi connectivity index (χ3v) is 6.02. The molecule has 0 aromatic heterocycles. The number of urea groups is 1. The van der Waals surface area contributed by atoms with E-state index in [1.54, 1.807) is 11.8 Å². The number of piperidine rings is 1. The molecule has 2 fully saturated rings. The molecule has 4 rings (SSSR count). The molecule has 2 aromatic carbocycles. The molecule has 0 unspecified atom stereocenters. The molecule has 28 heavy (non-hydrogen) atoms. The van der Waals surface area contributed by atoms with Crippen LogP contribution in [0.2, 0.25) is 0 Å². The number of hydrogen-bond donors (Lipinski definition) is 1. The lowest BCUT2D eigenvalue weighted by molar-refractivity contribution is -0.140. The van der Waals surface area contributed by atoms with Crippen LogP contribution in [0, 0.1) is 0 Å². The predicted octanol–water partition coefficient (Wildman–Crippen LogP) is 3.01. The van der Waals surface area contributed by atoms with Crippen molar-refractivity contribution in [3.05, 3.63) is 48.0 Å². The summed E-state index contributed by atoms with van der Waals surface area (Å²) in [6, 6.07) is 13.2. The maximum Gasteiger partial charge on any atom is 0.325 e. The lowest BCUT2D eigenvalue weighted by atomic mass is 9.90. The Morgan fingerprint density at radius 1 is 1.14 bits per heavy atom. The van der Waals surface area contributed by atoms with Crippen LogP contribution in [0.3, 0.4) is 0 Å². The second kappa shape index (κ2) is 6.93. The van der Waals surface area contributed by atoms with Crippen molar-refractivity contribution in [2.75, 3.05) is 13.1 Å². The molecule has 2 aromatic rings. The Kier molecular flexibility index (Phi) is 4.57. The van der Waals surface area contributed by atoms with Gasteiger partial charge in [0.25, 0.3) is 5.91 Å². The van der Waals surface area contributed by atoms with Gasteiger partial charge in [-0.2, -0.15) is 0 Å². The average Bonchev–Trinajstić information content (AvgIpc) is 2.92. The zero-order valence-electron chi connectivity index (χ0n) is 16.3. The van der Waals surface area contributed by atoms with Gasteiger partial charge >= 0.3 is 6.03 Å². The van der Waals surface area contributed by atoms with Crippen molar-refractivity contribution in [3.8, 4) is 0 Å². The van der Waals surface area contributed by atoms with Crippen LogP contribution in [0.15, 0.2) is 42.5 Å². The molecule has 2 atom stereocenters. The minimum absolute atomic E-state index is 0.147. The van der Waals surface area contributed by atoms with E-state index in [0.717, 1.165) is 34.9 Å². The summed E-state index contributed by atoms with van der Waals surface area (Å²) in [4.78, 5) is 41.3.